The minimum absolute atomic E-state index is 0.000256. The molecule has 4 rings (SSSR count). The van der Waals surface area contributed by atoms with Crippen LogP contribution in [-0.2, 0) is 6.42 Å². The highest BCUT2D eigenvalue weighted by atomic mass is 19.2. The molecule has 4 heteroatoms. The largest absolute Gasteiger partial charge is 0.203 e. The zero-order chi connectivity index (χ0) is 27.1. The number of unbranched alkanes of at least 4 members (excludes halogenated alkanes) is 2. The fraction of sp³-hybridized carbons (Fsp3) is 0.588. The molecule has 208 valence electrons. The maximum atomic E-state index is 15.0. The van der Waals surface area contributed by atoms with Crippen LogP contribution in [0, 0.1) is 35.1 Å². The number of hydrogen-bond donors (Lipinski definition) is 0. The van der Waals surface area contributed by atoms with Gasteiger partial charge < -0.3 is 0 Å². The van der Waals surface area contributed by atoms with E-state index in [1.54, 1.807) is 30.3 Å². The van der Waals surface area contributed by atoms with Crippen LogP contribution in [0.4, 0.5) is 17.6 Å². The number of hydrogen-bond acceptors (Lipinski definition) is 0. The maximum Gasteiger partial charge on any atom is 0.166 e. The van der Waals surface area contributed by atoms with E-state index in [2.05, 4.69) is 13.8 Å². The maximum absolute atomic E-state index is 15.0. The molecular weight excluding hydrogens is 484 g/mol. The normalized spacial score (nSPS) is 24.3. The Morgan fingerprint density at radius 2 is 1.26 bits per heavy atom. The molecule has 0 spiro atoms. The lowest BCUT2D eigenvalue weighted by Gasteiger charge is -2.29. The summed E-state index contributed by atoms with van der Waals surface area (Å²) in [6.45, 7) is 4.30. The molecule has 2 aromatic rings. The summed E-state index contributed by atoms with van der Waals surface area (Å²) in [4.78, 5) is 0. The second kappa shape index (κ2) is 13.8. The van der Waals surface area contributed by atoms with Crippen molar-refractivity contribution >= 4 is 6.08 Å². The van der Waals surface area contributed by atoms with E-state index in [9.17, 15) is 13.2 Å². The smallest absolute Gasteiger partial charge is 0.166 e. The van der Waals surface area contributed by atoms with Gasteiger partial charge in [0.25, 0.3) is 0 Å². The quantitative estimate of drug-likeness (QED) is 0.212. The highest BCUT2D eigenvalue weighted by Crippen LogP contribution is 2.40. The zero-order valence-corrected chi connectivity index (χ0v) is 23.2. The van der Waals surface area contributed by atoms with Crippen molar-refractivity contribution < 1.29 is 17.6 Å². The molecule has 0 aliphatic heterocycles. The van der Waals surface area contributed by atoms with Gasteiger partial charge in [0.1, 0.15) is 0 Å². The molecule has 0 radical (unpaired) electrons. The SMILES string of the molecule is CCCCCc1ccc(C2CCC(/C=C/c3ccc(C4CCC(CCC)CC4)c(F)c3F)CC2)c(F)c1F. The summed E-state index contributed by atoms with van der Waals surface area (Å²) in [5.41, 5.74) is 1.78. The summed E-state index contributed by atoms with van der Waals surface area (Å²) < 4.78 is 59.5. The number of allylic oxidation sites excluding steroid dienone is 1. The number of rotatable bonds is 10. The first-order valence-electron chi connectivity index (χ1n) is 15.1. The van der Waals surface area contributed by atoms with Crippen LogP contribution in [0.1, 0.15) is 131 Å². The van der Waals surface area contributed by atoms with E-state index in [1.807, 2.05) is 6.08 Å². The predicted octanol–water partition coefficient (Wildman–Crippen LogP) is 11.0. The summed E-state index contributed by atoms with van der Waals surface area (Å²) in [5, 5.41) is 0. The molecule has 2 fully saturated rings. The standard InChI is InChI=1S/C34H44F4/c1-3-5-6-8-27-19-21-29(33(37)31(27)35)26-16-11-24(12-17-26)13-18-28-20-22-30(34(38)32(28)36)25-14-9-23(7-4-2)10-15-25/h13,18-26H,3-12,14-17H2,1-2H3/b18-13+. The third-order valence-electron chi connectivity index (χ3n) is 9.13. The molecule has 0 nitrogen and oxygen atoms in total. The van der Waals surface area contributed by atoms with Gasteiger partial charge in [0.2, 0.25) is 0 Å². The van der Waals surface area contributed by atoms with Gasteiger partial charge in [-0.3, -0.25) is 0 Å². The molecule has 0 atom stereocenters. The number of halogens is 4. The Bertz CT molecular complexity index is 1070. The Morgan fingerprint density at radius 1 is 0.658 bits per heavy atom. The summed E-state index contributed by atoms with van der Waals surface area (Å²) >= 11 is 0. The molecule has 2 saturated carbocycles. The van der Waals surface area contributed by atoms with Crippen molar-refractivity contribution in [3.63, 3.8) is 0 Å². The Balaban J connectivity index is 1.33. The third-order valence-corrected chi connectivity index (χ3v) is 9.13. The van der Waals surface area contributed by atoms with Gasteiger partial charge in [-0.1, -0.05) is 75.9 Å². The van der Waals surface area contributed by atoms with Gasteiger partial charge in [0.05, 0.1) is 0 Å². The Hall–Kier alpha value is -2.10. The van der Waals surface area contributed by atoms with E-state index in [1.165, 1.54) is 12.8 Å². The molecule has 0 bridgehead atoms. The summed E-state index contributed by atoms with van der Waals surface area (Å²) in [6, 6.07) is 7.03. The average molecular weight is 529 g/mol. The van der Waals surface area contributed by atoms with Crippen LogP contribution >= 0.6 is 0 Å². The van der Waals surface area contributed by atoms with Crippen molar-refractivity contribution in [1.82, 2.24) is 0 Å². The van der Waals surface area contributed by atoms with Crippen LogP contribution in [0.15, 0.2) is 30.3 Å². The first-order chi connectivity index (χ1) is 18.4. The van der Waals surface area contributed by atoms with Crippen molar-refractivity contribution in [2.45, 2.75) is 116 Å². The van der Waals surface area contributed by atoms with Crippen molar-refractivity contribution in [1.29, 1.82) is 0 Å². The Kier molecular flexibility index (Phi) is 10.5. The molecule has 0 aromatic heterocycles. The second-order valence-electron chi connectivity index (χ2n) is 11.7. The molecule has 0 saturated heterocycles. The number of benzene rings is 2. The zero-order valence-electron chi connectivity index (χ0n) is 23.2. The number of aryl methyl sites for hydroxylation is 1. The lowest BCUT2D eigenvalue weighted by molar-refractivity contribution is 0.303. The van der Waals surface area contributed by atoms with Crippen LogP contribution in [0.25, 0.3) is 6.08 Å². The lowest BCUT2D eigenvalue weighted by atomic mass is 9.77. The summed E-state index contributed by atoms with van der Waals surface area (Å²) in [6.07, 6.45) is 16.8. The summed E-state index contributed by atoms with van der Waals surface area (Å²) in [7, 11) is 0. The van der Waals surface area contributed by atoms with Crippen LogP contribution in [0.5, 0.6) is 0 Å². The van der Waals surface area contributed by atoms with E-state index in [4.69, 9.17) is 0 Å². The molecule has 2 aromatic carbocycles. The highest BCUT2D eigenvalue weighted by Gasteiger charge is 2.27. The fourth-order valence-electron chi connectivity index (χ4n) is 6.73. The second-order valence-corrected chi connectivity index (χ2v) is 11.7. The van der Waals surface area contributed by atoms with E-state index in [0.29, 0.717) is 28.7 Å². The van der Waals surface area contributed by atoms with E-state index >= 15 is 4.39 Å². The first-order valence-corrected chi connectivity index (χ1v) is 15.1. The van der Waals surface area contributed by atoms with Crippen molar-refractivity contribution in [3.05, 3.63) is 75.9 Å². The van der Waals surface area contributed by atoms with Crippen LogP contribution in [0.3, 0.4) is 0 Å². The molecule has 0 heterocycles. The molecule has 0 amide bonds. The lowest BCUT2D eigenvalue weighted by Crippen LogP contribution is -2.15. The van der Waals surface area contributed by atoms with Crippen molar-refractivity contribution in [2.75, 3.05) is 0 Å². The molecule has 2 aliphatic rings. The molecule has 2 aliphatic carbocycles. The fourth-order valence-corrected chi connectivity index (χ4v) is 6.73. The summed E-state index contributed by atoms with van der Waals surface area (Å²) in [5.74, 6) is -1.74. The average Bonchev–Trinajstić information content (AvgIpc) is 2.93. The van der Waals surface area contributed by atoms with Gasteiger partial charge in [0, 0.05) is 5.56 Å². The van der Waals surface area contributed by atoms with Gasteiger partial charge in [-0.15, -0.1) is 0 Å². The van der Waals surface area contributed by atoms with Crippen LogP contribution < -0.4 is 0 Å². The van der Waals surface area contributed by atoms with Gasteiger partial charge in [-0.05, 0) is 105 Å². The van der Waals surface area contributed by atoms with Gasteiger partial charge >= 0.3 is 0 Å². The van der Waals surface area contributed by atoms with E-state index < -0.39 is 23.3 Å². The molecule has 38 heavy (non-hydrogen) atoms. The molecule has 0 unspecified atom stereocenters. The minimum atomic E-state index is -0.750. The topological polar surface area (TPSA) is 0 Å². The first kappa shape index (κ1) is 28.9. The van der Waals surface area contributed by atoms with Gasteiger partial charge in [0.15, 0.2) is 23.3 Å². The van der Waals surface area contributed by atoms with E-state index in [-0.39, 0.29) is 17.8 Å². The van der Waals surface area contributed by atoms with Crippen molar-refractivity contribution in [2.24, 2.45) is 11.8 Å². The minimum Gasteiger partial charge on any atom is -0.203 e. The molecular formula is C34H44F4. The van der Waals surface area contributed by atoms with E-state index in [0.717, 1.165) is 76.5 Å². The van der Waals surface area contributed by atoms with Crippen molar-refractivity contribution in [3.8, 4) is 0 Å². The Morgan fingerprint density at radius 3 is 1.89 bits per heavy atom. The Labute approximate surface area is 226 Å². The third kappa shape index (κ3) is 6.90. The van der Waals surface area contributed by atoms with Gasteiger partial charge in [-0.25, -0.2) is 17.6 Å². The van der Waals surface area contributed by atoms with Crippen LogP contribution in [-0.4, -0.2) is 0 Å². The molecule has 0 N–H and O–H groups in total. The van der Waals surface area contributed by atoms with Crippen LogP contribution in [0.2, 0.25) is 0 Å². The highest BCUT2D eigenvalue weighted by molar-refractivity contribution is 5.52. The predicted molar refractivity (Wildman–Crippen MR) is 149 cm³/mol. The monoisotopic (exact) mass is 528 g/mol. The van der Waals surface area contributed by atoms with Gasteiger partial charge in [-0.2, -0.15) is 0 Å².